The first-order valence-electron chi connectivity index (χ1n) is 6.23. The summed E-state index contributed by atoms with van der Waals surface area (Å²) >= 11 is 0. The molecule has 2 N–H and O–H groups in total. The molecule has 1 saturated carbocycles. The third-order valence-electron chi connectivity index (χ3n) is 3.35. The lowest BCUT2D eigenvalue weighted by atomic mass is 9.99. The molecule has 2 heteroatoms. The SMILES string of the molecule is CN(CC1CC1)CC(CN)c1ccccc1. The maximum Gasteiger partial charge on any atom is 0.00887 e. The topological polar surface area (TPSA) is 29.3 Å². The Kier molecular flexibility index (Phi) is 3.97. The Morgan fingerprint density at radius 2 is 2.00 bits per heavy atom. The molecule has 16 heavy (non-hydrogen) atoms. The van der Waals surface area contributed by atoms with E-state index in [0.717, 1.165) is 19.0 Å². The van der Waals surface area contributed by atoms with E-state index in [4.69, 9.17) is 5.73 Å². The van der Waals surface area contributed by atoms with E-state index in [1.54, 1.807) is 0 Å². The largest absolute Gasteiger partial charge is 0.330 e. The summed E-state index contributed by atoms with van der Waals surface area (Å²) in [5.41, 5.74) is 7.24. The van der Waals surface area contributed by atoms with E-state index in [9.17, 15) is 0 Å². The van der Waals surface area contributed by atoms with E-state index in [-0.39, 0.29) is 0 Å². The summed E-state index contributed by atoms with van der Waals surface area (Å²) < 4.78 is 0. The van der Waals surface area contributed by atoms with E-state index in [2.05, 4.69) is 42.3 Å². The zero-order chi connectivity index (χ0) is 11.4. The monoisotopic (exact) mass is 218 g/mol. The lowest BCUT2D eigenvalue weighted by Crippen LogP contribution is -2.30. The van der Waals surface area contributed by atoms with Crippen LogP contribution in [0.3, 0.4) is 0 Å². The number of nitrogens with two attached hydrogens (primary N) is 1. The van der Waals surface area contributed by atoms with Crippen molar-refractivity contribution in [3.63, 3.8) is 0 Å². The second kappa shape index (κ2) is 5.46. The van der Waals surface area contributed by atoms with Crippen LogP contribution in [0.2, 0.25) is 0 Å². The fraction of sp³-hybridized carbons (Fsp3) is 0.571. The van der Waals surface area contributed by atoms with Gasteiger partial charge in [-0.3, -0.25) is 0 Å². The fourth-order valence-electron chi connectivity index (χ4n) is 2.23. The molecule has 1 aliphatic carbocycles. The molecular formula is C14H22N2. The molecule has 0 spiro atoms. The van der Waals surface area contributed by atoms with Crippen molar-refractivity contribution in [2.24, 2.45) is 11.7 Å². The molecule has 0 bridgehead atoms. The highest BCUT2D eigenvalue weighted by molar-refractivity contribution is 5.20. The second-order valence-electron chi connectivity index (χ2n) is 5.01. The Balaban J connectivity index is 1.89. The molecule has 1 aliphatic rings. The summed E-state index contributed by atoms with van der Waals surface area (Å²) in [6.45, 7) is 3.05. The quantitative estimate of drug-likeness (QED) is 0.792. The van der Waals surface area contributed by atoms with Crippen LogP contribution in [0.1, 0.15) is 24.3 Å². The summed E-state index contributed by atoms with van der Waals surface area (Å²) in [7, 11) is 2.21. The first-order valence-corrected chi connectivity index (χ1v) is 6.23. The Bertz CT molecular complexity index is 306. The second-order valence-corrected chi connectivity index (χ2v) is 5.01. The van der Waals surface area contributed by atoms with Gasteiger partial charge in [0.15, 0.2) is 0 Å². The summed E-state index contributed by atoms with van der Waals surface area (Å²) in [5.74, 6) is 1.43. The standard InChI is InChI=1S/C14H22N2/c1-16(10-12-7-8-12)11-14(9-15)13-5-3-2-4-6-13/h2-6,12,14H,7-11,15H2,1H3. The Labute approximate surface area is 98.4 Å². The van der Waals surface area contributed by atoms with Crippen LogP contribution in [-0.4, -0.2) is 31.6 Å². The first kappa shape index (κ1) is 11.6. The van der Waals surface area contributed by atoms with Crippen LogP contribution in [0.25, 0.3) is 0 Å². The maximum atomic E-state index is 5.87. The summed E-state index contributed by atoms with van der Waals surface area (Å²) in [6.07, 6.45) is 2.84. The van der Waals surface area contributed by atoms with Crippen LogP contribution in [-0.2, 0) is 0 Å². The van der Waals surface area contributed by atoms with Crippen LogP contribution in [0.4, 0.5) is 0 Å². The van der Waals surface area contributed by atoms with Crippen molar-refractivity contribution in [3.05, 3.63) is 35.9 Å². The molecule has 1 aromatic rings. The molecule has 0 saturated heterocycles. The number of likely N-dealkylation sites (N-methyl/N-ethyl adjacent to an activating group) is 1. The number of benzene rings is 1. The normalized spacial score (nSPS) is 17.7. The molecule has 1 unspecified atom stereocenters. The van der Waals surface area contributed by atoms with E-state index in [1.807, 2.05) is 0 Å². The van der Waals surface area contributed by atoms with E-state index < -0.39 is 0 Å². The van der Waals surface area contributed by atoms with Crippen molar-refractivity contribution in [2.75, 3.05) is 26.7 Å². The van der Waals surface area contributed by atoms with Gasteiger partial charge in [0.25, 0.3) is 0 Å². The van der Waals surface area contributed by atoms with Gasteiger partial charge in [0.05, 0.1) is 0 Å². The van der Waals surface area contributed by atoms with Crippen LogP contribution >= 0.6 is 0 Å². The highest BCUT2D eigenvalue weighted by Crippen LogP contribution is 2.29. The lowest BCUT2D eigenvalue weighted by molar-refractivity contribution is 0.300. The van der Waals surface area contributed by atoms with Gasteiger partial charge in [-0.1, -0.05) is 30.3 Å². The van der Waals surface area contributed by atoms with Gasteiger partial charge in [-0.2, -0.15) is 0 Å². The van der Waals surface area contributed by atoms with Gasteiger partial charge in [-0.25, -0.2) is 0 Å². The van der Waals surface area contributed by atoms with Gasteiger partial charge >= 0.3 is 0 Å². The first-order chi connectivity index (χ1) is 7.79. The molecule has 2 rings (SSSR count). The number of hydrogen-bond acceptors (Lipinski definition) is 2. The van der Waals surface area contributed by atoms with Crippen molar-refractivity contribution in [3.8, 4) is 0 Å². The number of hydrogen-bond donors (Lipinski definition) is 1. The Morgan fingerprint density at radius 1 is 1.31 bits per heavy atom. The maximum absolute atomic E-state index is 5.87. The molecule has 0 radical (unpaired) electrons. The smallest absolute Gasteiger partial charge is 0.00887 e. The molecule has 0 heterocycles. The van der Waals surface area contributed by atoms with Crippen LogP contribution in [0.5, 0.6) is 0 Å². The average molecular weight is 218 g/mol. The van der Waals surface area contributed by atoms with Gasteiger partial charge in [0.1, 0.15) is 0 Å². The predicted octanol–water partition coefficient (Wildman–Crippen LogP) is 2.07. The molecule has 1 aromatic carbocycles. The van der Waals surface area contributed by atoms with Gasteiger partial charge in [-0.05, 0) is 31.4 Å². The highest BCUT2D eigenvalue weighted by atomic mass is 15.1. The van der Waals surface area contributed by atoms with Crippen molar-refractivity contribution in [2.45, 2.75) is 18.8 Å². The molecular weight excluding hydrogens is 196 g/mol. The summed E-state index contributed by atoms with van der Waals surface area (Å²) in [5, 5.41) is 0. The molecule has 0 aromatic heterocycles. The highest BCUT2D eigenvalue weighted by Gasteiger charge is 2.23. The Morgan fingerprint density at radius 3 is 2.56 bits per heavy atom. The third-order valence-corrected chi connectivity index (χ3v) is 3.35. The fourth-order valence-corrected chi connectivity index (χ4v) is 2.23. The zero-order valence-electron chi connectivity index (χ0n) is 10.1. The van der Waals surface area contributed by atoms with Crippen molar-refractivity contribution < 1.29 is 0 Å². The Hall–Kier alpha value is -0.860. The summed E-state index contributed by atoms with van der Waals surface area (Å²) in [6, 6.07) is 10.6. The molecule has 2 nitrogen and oxygen atoms in total. The number of nitrogens with zero attached hydrogens (tertiary/aromatic N) is 1. The van der Waals surface area contributed by atoms with Gasteiger partial charge < -0.3 is 10.6 Å². The molecule has 0 aliphatic heterocycles. The minimum atomic E-state index is 0.477. The van der Waals surface area contributed by atoms with Crippen LogP contribution in [0.15, 0.2) is 30.3 Å². The van der Waals surface area contributed by atoms with E-state index in [1.165, 1.54) is 24.9 Å². The minimum absolute atomic E-state index is 0.477. The van der Waals surface area contributed by atoms with E-state index in [0.29, 0.717) is 5.92 Å². The minimum Gasteiger partial charge on any atom is -0.330 e. The van der Waals surface area contributed by atoms with E-state index >= 15 is 0 Å². The third kappa shape index (κ3) is 3.32. The summed E-state index contributed by atoms with van der Waals surface area (Å²) in [4.78, 5) is 2.43. The van der Waals surface area contributed by atoms with Crippen LogP contribution < -0.4 is 5.73 Å². The molecule has 1 fully saturated rings. The molecule has 1 atom stereocenters. The van der Waals surface area contributed by atoms with Crippen molar-refractivity contribution >= 4 is 0 Å². The van der Waals surface area contributed by atoms with Crippen molar-refractivity contribution in [1.29, 1.82) is 0 Å². The zero-order valence-corrected chi connectivity index (χ0v) is 10.1. The van der Waals surface area contributed by atoms with Gasteiger partial charge in [0.2, 0.25) is 0 Å². The lowest BCUT2D eigenvalue weighted by Gasteiger charge is -2.23. The average Bonchev–Trinajstić information content (AvgIpc) is 3.11. The van der Waals surface area contributed by atoms with Gasteiger partial charge in [0, 0.05) is 25.6 Å². The molecule has 0 amide bonds. The predicted molar refractivity (Wildman–Crippen MR) is 68.5 cm³/mol. The number of rotatable bonds is 6. The molecule has 88 valence electrons. The van der Waals surface area contributed by atoms with Gasteiger partial charge in [-0.15, -0.1) is 0 Å². The van der Waals surface area contributed by atoms with Crippen LogP contribution in [0, 0.1) is 5.92 Å². The van der Waals surface area contributed by atoms with Crippen molar-refractivity contribution in [1.82, 2.24) is 4.90 Å².